The highest BCUT2D eigenvalue weighted by Crippen LogP contribution is 2.21. The lowest BCUT2D eigenvalue weighted by Gasteiger charge is -2.31. The first-order chi connectivity index (χ1) is 10.1. The Morgan fingerprint density at radius 2 is 2.33 bits per heavy atom. The molecule has 2 heterocycles. The molecule has 0 aliphatic carbocycles. The van der Waals surface area contributed by atoms with Gasteiger partial charge >= 0.3 is 0 Å². The predicted octanol–water partition coefficient (Wildman–Crippen LogP) is 0.422. The quantitative estimate of drug-likeness (QED) is 0.787. The van der Waals surface area contributed by atoms with Gasteiger partial charge in [0.15, 0.2) is 0 Å². The van der Waals surface area contributed by atoms with Gasteiger partial charge in [0.1, 0.15) is 4.90 Å². The molecule has 1 unspecified atom stereocenters. The molecule has 0 saturated carbocycles. The number of hydrogen-bond donors (Lipinski definition) is 1. The molecule has 2 rings (SSSR count). The van der Waals surface area contributed by atoms with Gasteiger partial charge in [0, 0.05) is 32.4 Å². The maximum absolute atomic E-state index is 12.6. The number of aromatic nitrogens is 2. The van der Waals surface area contributed by atoms with E-state index in [4.69, 9.17) is 10.5 Å². The first-order valence-electron chi connectivity index (χ1n) is 7.42. The Balaban J connectivity index is 2.06. The third-order valence-electron chi connectivity index (χ3n) is 3.50. The molecule has 0 spiro atoms. The number of hydrogen-bond acceptors (Lipinski definition) is 5. The molecule has 1 fully saturated rings. The third kappa shape index (κ3) is 4.03. The van der Waals surface area contributed by atoms with Crippen LogP contribution in [-0.4, -0.2) is 54.8 Å². The summed E-state index contributed by atoms with van der Waals surface area (Å²) < 4.78 is 34.0. The highest BCUT2D eigenvalue weighted by atomic mass is 32.2. The number of rotatable bonds is 7. The van der Waals surface area contributed by atoms with E-state index in [9.17, 15) is 8.42 Å². The van der Waals surface area contributed by atoms with Crippen molar-refractivity contribution in [3.8, 4) is 0 Å². The van der Waals surface area contributed by atoms with E-state index in [1.807, 2.05) is 6.92 Å². The molecule has 0 radical (unpaired) electrons. The smallest absolute Gasteiger partial charge is 0.246 e. The fourth-order valence-corrected chi connectivity index (χ4v) is 3.89. The normalized spacial score (nSPS) is 20.8. The summed E-state index contributed by atoms with van der Waals surface area (Å²) >= 11 is 0. The lowest BCUT2D eigenvalue weighted by molar-refractivity contribution is 0.0193. The molecule has 0 amide bonds. The maximum atomic E-state index is 12.6. The largest absolute Gasteiger partial charge is 0.377 e. The van der Waals surface area contributed by atoms with Crippen molar-refractivity contribution in [1.82, 2.24) is 14.1 Å². The Morgan fingerprint density at radius 3 is 3.05 bits per heavy atom. The minimum Gasteiger partial charge on any atom is -0.377 e. The van der Waals surface area contributed by atoms with Crippen molar-refractivity contribution in [1.29, 1.82) is 0 Å². The molecule has 0 bridgehead atoms. The average molecular weight is 316 g/mol. The number of nitrogens with zero attached hydrogens (tertiary/aromatic N) is 3. The monoisotopic (exact) mass is 316 g/mol. The van der Waals surface area contributed by atoms with Crippen molar-refractivity contribution in [3.05, 3.63) is 12.4 Å². The molecular weight excluding hydrogens is 292 g/mol. The Hall–Kier alpha value is -0.960. The van der Waals surface area contributed by atoms with Crippen LogP contribution >= 0.6 is 0 Å². The van der Waals surface area contributed by atoms with Gasteiger partial charge in [0.25, 0.3) is 0 Å². The zero-order valence-electron chi connectivity index (χ0n) is 12.4. The van der Waals surface area contributed by atoms with Gasteiger partial charge in [-0.3, -0.25) is 4.68 Å². The number of sulfonamides is 1. The number of piperidine rings is 1. The lowest BCUT2D eigenvalue weighted by Crippen LogP contribution is -2.43. The zero-order valence-corrected chi connectivity index (χ0v) is 13.3. The van der Waals surface area contributed by atoms with E-state index in [1.54, 1.807) is 10.9 Å². The highest BCUT2D eigenvalue weighted by molar-refractivity contribution is 7.89. The van der Waals surface area contributed by atoms with Crippen LogP contribution in [0, 0.1) is 0 Å². The van der Waals surface area contributed by atoms with Gasteiger partial charge in [-0.2, -0.15) is 9.40 Å². The lowest BCUT2D eigenvalue weighted by atomic mass is 10.1. The van der Waals surface area contributed by atoms with Crippen LogP contribution < -0.4 is 5.73 Å². The molecular formula is C13H24N4O3S. The van der Waals surface area contributed by atoms with Gasteiger partial charge in [-0.25, -0.2) is 8.42 Å². The first-order valence-corrected chi connectivity index (χ1v) is 8.86. The molecule has 21 heavy (non-hydrogen) atoms. The van der Waals surface area contributed by atoms with Crippen molar-refractivity contribution < 1.29 is 13.2 Å². The Morgan fingerprint density at radius 1 is 1.52 bits per heavy atom. The van der Waals surface area contributed by atoms with Gasteiger partial charge in [0.05, 0.1) is 18.8 Å². The molecule has 0 aromatic carbocycles. The van der Waals surface area contributed by atoms with Gasteiger partial charge in [-0.05, 0) is 19.3 Å². The van der Waals surface area contributed by atoms with E-state index >= 15 is 0 Å². The molecule has 1 aliphatic heterocycles. The minimum atomic E-state index is -3.49. The van der Waals surface area contributed by atoms with Crippen LogP contribution in [0.3, 0.4) is 0 Å². The summed E-state index contributed by atoms with van der Waals surface area (Å²) in [5.74, 6) is 0. The van der Waals surface area contributed by atoms with Crippen LogP contribution in [0.25, 0.3) is 0 Å². The Kier molecular flexibility index (Phi) is 5.74. The fourth-order valence-electron chi connectivity index (χ4n) is 2.43. The Labute approximate surface area is 126 Å². The molecule has 2 N–H and O–H groups in total. The van der Waals surface area contributed by atoms with E-state index in [0.29, 0.717) is 32.8 Å². The van der Waals surface area contributed by atoms with E-state index in [0.717, 1.165) is 19.3 Å². The molecule has 1 saturated heterocycles. The second-order valence-electron chi connectivity index (χ2n) is 5.23. The first kappa shape index (κ1) is 16.4. The van der Waals surface area contributed by atoms with Crippen LogP contribution in [0.2, 0.25) is 0 Å². The van der Waals surface area contributed by atoms with Crippen LogP contribution in [0.1, 0.15) is 26.2 Å². The van der Waals surface area contributed by atoms with Crippen molar-refractivity contribution in [2.45, 2.75) is 43.7 Å². The van der Waals surface area contributed by atoms with Crippen LogP contribution in [0.5, 0.6) is 0 Å². The van der Waals surface area contributed by atoms with Crippen molar-refractivity contribution in [2.75, 3.05) is 26.2 Å². The van der Waals surface area contributed by atoms with Crippen molar-refractivity contribution in [3.63, 3.8) is 0 Å². The van der Waals surface area contributed by atoms with Gasteiger partial charge in [-0.1, -0.05) is 6.92 Å². The summed E-state index contributed by atoms with van der Waals surface area (Å²) in [6.45, 7) is 4.62. The topological polar surface area (TPSA) is 90.5 Å². The minimum absolute atomic E-state index is 0.00689. The summed E-state index contributed by atoms with van der Waals surface area (Å²) in [5, 5.41) is 4.04. The third-order valence-corrected chi connectivity index (χ3v) is 5.32. The molecule has 1 atom stereocenters. The van der Waals surface area contributed by atoms with Crippen LogP contribution in [0.4, 0.5) is 0 Å². The standard InChI is InChI=1S/C13H24N4O3S/c1-2-8-20-12-4-3-6-17(10-12)21(18,19)13-9-15-16(11-13)7-5-14/h9,11-12H,2-8,10,14H2,1H3. The fraction of sp³-hybridized carbons (Fsp3) is 0.769. The second kappa shape index (κ2) is 7.35. The van der Waals surface area contributed by atoms with E-state index in [-0.39, 0.29) is 11.0 Å². The molecule has 8 heteroatoms. The highest BCUT2D eigenvalue weighted by Gasteiger charge is 2.31. The zero-order chi connectivity index (χ0) is 15.3. The summed E-state index contributed by atoms with van der Waals surface area (Å²) in [7, 11) is -3.49. The number of nitrogens with two attached hydrogens (primary N) is 1. The molecule has 7 nitrogen and oxygen atoms in total. The molecule has 1 aromatic rings. The second-order valence-corrected chi connectivity index (χ2v) is 7.16. The average Bonchev–Trinajstić information content (AvgIpc) is 2.95. The summed E-state index contributed by atoms with van der Waals surface area (Å²) in [4.78, 5) is 0.229. The molecule has 120 valence electrons. The van der Waals surface area contributed by atoms with Gasteiger partial charge < -0.3 is 10.5 Å². The SMILES string of the molecule is CCCOC1CCCN(S(=O)(=O)c2cnn(CCN)c2)C1. The van der Waals surface area contributed by atoms with E-state index in [2.05, 4.69) is 5.10 Å². The number of ether oxygens (including phenoxy) is 1. The molecule has 1 aromatic heterocycles. The van der Waals surface area contributed by atoms with Crippen LogP contribution in [0.15, 0.2) is 17.3 Å². The molecule has 1 aliphatic rings. The van der Waals surface area contributed by atoms with Gasteiger partial charge in [-0.15, -0.1) is 0 Å². The summed E-state index contributed by atoms with van der Waals surface area (Å²) in [6, 6.07) is 0. The van der Waals surface area contributed by atoms with Gasteiger partial charge in [0.2, 0.25) is 10.0 Å². The summed E-state index contributed by atoms with van der Waals surface area (Å²) in [6.07, 6.45) is 5.60. The predicted molar refractivity (Wildman–Crippen MR) is 79.3 cm³/mol. The van der Waals surface area contributed by atoms with Crippen molar-refractivity contribution >= 4 is 10.0 Å². The van der Waals surface area contributed by atoms with E-state index in [1.165, 1.54) is 10.5 Å². The Bertz CT molecular complexity index is 543. The van der Waals surface area contributed by atoms with Crippen molar-refractivity contribution in [2.24, 2.45) is 5.73 Å². The van der Waals surface area contributed by atoms with E-state index < -0.39 is 10.0 Å². The summed E-state index contributed by atoms with van der Waals surface area (Å²) in [5.41, 5.74) is 5.45. The van der Waals surface area contributed by atoms with Crippen LogP contribution in [-0.2, 0) is 21.3 Å². The maximum Gasteiger partial charge on any atom is 0.246 e.